The smallest absolute Gasteiger partial charge is 0.192 e. The van der Waals surface area contributed by atoms with Crippen LogP contribution in [-0.2, 0) is 9.22 Å². The van der Waals surface area contributed by atoms with Gasteiger partial charge in [-0.2, -0.15) is 0 Å². The number of carbonyl (C=O) groups is 1. The van der Waals surface area contributed by atoms with E-state index in [1.165, 1.54) is 0 Å². The Balaban J connectivity index is 2.73. The molecule has 1 aliphatic rings. The van der Waals surface area contributed by atoms with Crippen molar-refractivity contribution in [2.75, 3.05) is 6.61 Å². The highest BCUT2D eigenvalue weighted by Gasteiger charge is 2.48. The van der Waals surface area contributed by atoms with Gasteiger partial charge in [0.05, 0.1) is 18.1 Å². The van der Waals surface area contributed by atoms with Gasteiger partial charge in [0, 0.05) is 6.42 Å². The van der Waals surface area contributed by atoms with Crippen LogP contribution in [0.2, 0.25) is 18.1 Å². The summed E-state index contributed by atoms with van der Waals surface area (Å²) in [7, 11) is -1.75. The first-order chi connectivity index (χ1) is 10.6. The molecular formula is C19H35IO3Si. The van der Waals surface area contributed by atoms with Crippen molar-refractivity contribution in [3.63, 3.8) is 0 Å². The Morgan fingerprint density at radius 2 is 1.92 bits per heavy atom. The number of rotatable bonds is 5. The number of ketones is 1. The lowest BCUT2D eigenvalue weighted by molar-refractivity contribution is -0.144. The summed E-state index contributed by atoms with van der Waals surface area (Å²) in [6.45, 7) is 17.8. The van der Waals surface area contributed by atoms with Crippen molar-refractivity contribution < 1.29 is 14.3 Å². The summed E-state index contributed by atoms with van der Waals surface area (Å²) in [5.41, 5.74) is -0.768. The summed E-state index contributed by atoms with van der Waals surface area (Å²) >= 11 is 2.29. The highest BCUT2D eigenvalue weighted by atomic mass is 127. The Bertz CT molecular complexity index is 505. The maximum atomic E-state index is 12.6. The van der Waals surface area contributed by atoms with E-state index in [0.29, 0.717) is 25.9 Å². The predicted molar refractivity (Wildman–Crippen MR) is 112 cm³/mol. The van der Waals surface area contributed by atoms with E-state index in [9.17, 15) is 9.90 Å². The van der Waals surface area contributed by atoms with Gasteiger partial charge in [-0.05, 0) is 69.5 Å². The summed E-state index contributed by atoms with van der Waals surface area (Å²) < 4.78 is 7.28. The maximum Gasteiger partial charge on any atom is 0.192 e. The summed E-state index contributed by atoms with van der Waals surface area (Å²) in [6.07, 6.45) is 3.33. The van der Waals surface area contributed by atoms with Gasteiger partial charge in [0.25, 0.3) is 0 Å². The fourth-order valence-corrected chi connectivity index (χ4v) is 4.74. The van der Waals surface area contributed by atoms with E-state index >= 15 is 0 Å². The third kappa shape index (κ3) is 5.38. The minimum Gasteiger partial charge on any atom is -0.413 e. The molecule has 1 fully saturated rings. The number of halogens is 1. The number of Topliss-reactive ketones (excluding diaryl/α,β-unsaturated/α-hetero) is 1. The van der Waals surface area contributed by atoms with Crippen molar-refractivity contribution in [2.45, 2.75) is 85.0 Å². The molecule has 0 radical (unpaired) electrons. The molecule has 0 aliphatic heterocycles. The molecule has 3 nitrogen and oxygen atoms in total. The number of hydrogen-bond donors (Lipinski definition) is 1. The van der Waals surface area contributed by atoms with Crippen LogP contribution in [0, 0.1) is 10.8 Å². The normalized spacial score (nSPS) is 29.0. The number of allylic oxidation sites excluding steroid dienone is 1. The van der Waals surface area contributed by atoms with Gasteiger partial charge in [0.2, 0.25) is 0 Å². The Kier molecular flexibility index (Phi) is 6.96. The molecule has 0 aromatic heterocycles. The number of aliphatic hydroxyl groups excluding tert-OH is 1. The maximum absolute atomic E-state index is 12.6. The molecule has 1 saturated carbocycles. The molecular weight excluding hydrogens is 431 g/mol. The van der Waals surface area contributed by atoms with Crippen LogP contribution in [0.25, 0.3) is 0 Å². The van der Waals surface area contributed by atoms with E-state index in [2.05, 4.69) is 76.4 Å². The minimum atomic E-state index is -1.75. The number of aliphatic hydroxyl groups is 1. The Hall–Kier alpha value is 0.277. The molecule has 2 atom stereocenters. The fourth-order valence-electron chi connectivity index (χ4n) is 2.84. The molecule has 140 valence electrons. The van der Waals surface area contributed by atoms with Crippen LogP contribution in [0.15, 0.2) is 9.66 Å². The lowest BCUT2D eigenvalue weighted by Crippen LogP contribution is -2.48. The summed E-state index contributed by atoms with van der Waals surface area (Å²) in [5.74, 6) is 0.180. The second-order valence-electron chi connectivity index (χ2n) is 9.80. The third-order valence-corrected chi connectivity index (χ3v) is 11.2. The number of hydrogen-bond acceptors (Lipinski definition) is 3. The zero-order chi connectivity index (χ0) is 19.0. The van der Waals surface area contributed by atoms with E-state index in [0.717, 1.165) is 3.58 Å². The number of carbonyl (C=O) groups excluding carboxylic acids is 1. The minimum absolute atomic E-state index is 0.101. The molecule has 1 aliphatic carbocycles. The highest BCUT2D eigenvalue weighted by molar-refractivity contribution is 14.1. The van der Waals surface area contributed by atoms with Crippen molar-refractivity contribution in [3.05, 3.63) is 9.66 Å². The van der Waals surface area contributed by atoms with E-state index in [1.807, 2.05) is 6.92 Å². The summed E-state index contributed by atoms with van der Waals surface area (Å²) in [4.78, 5) is 12.6. The van der Waals surface area contributed by atoms with E-state index in [-0.39, 0.29) is 16.2 Å². The molecule has 0 spiro atoms. The lowest BCUT2D eigenvalue weighted by Gasteiger charge is -2.44. The second kappa shape index (κ2) is 7.49. The van der Waals surface area contributed by atoms with Crippen molar-refractivity contribution in [2.24, 2.45) is 10.8 Å². The summed E-state index contributed by atoms with van der Waals surface area (Å²) in [6, 6.07) is 0. The van der Waals surface area contributed by atoms with Gasteiger partial charge in [-0.15, -0.1) is 0 Å². The molecule has 0 bridgehead atoms. The molecule has 0 aromatic carbocycles. The first kappa shape index (κ1) is 22.3. The van der Waals surface area contributed by atoms with Crippen LogP contribution in [0.3, 0.4) is 0 Å². The average Bonchev–Trinajstić information content (AvgIpc) is 2.33. The summed E-state index contributed by atoms with van der Waals surface area (Å²) in [5, 5.41) is 10.8. The molecule has 24 heavy (non-hydrogen) atoms. The van der Waals surface area contributed by atoms with Crippen molar-refractivity contribution in [1.29, 1.82) is 0 Å². The van der Waals surface area contributed by atoms with Gasteiger partial charge in [-0.3, -0.25) is 4.79 Å². The first-order valence-electron chi connectivity index (χ1n) is 8.81. The molecule has 1 rings (SSSR count). The van der Waals surface area contributed by atoms with Crippen LogP contribution in [0.4, 0.5) is 0 Å². The molecule has 0 saturated heterocycles. The third-order valence-electron chi connectivity index (χ3n) is 5.85. The van der Waals surface area contributed by atoms with Crippen LogP contribution in [0.5, 0.6) is 0 Å². The van der Waals surface area contributed by atoms with E-state index in [1.54, 1.807) is 0 Å². The predicted octanol–water partition coefficient (Wildman–Crippen LogP) is 5.47. The Morgan fingerprint density at radius 3 is 2.38 bits per heavy atom. The second-order valence-corrected chi connectivity index (χ2v) is 16.0. The zero-order valence-electron chi connectivity index (χ0n) is 16.6. The van der Waals surface area contributed by atoms with Gasteiger partial charge in [-0.25, -0.2) is 0 Å². The molecule has 5 heteroatoms. The molecule has 1 N–H and O–H groups in total. The van der Waals surface area contributed by atoms with Crippen LogP contribution in [0.1, 0.15) is 60.8 Å². The van der Waals surface area contributed by atoms with Gasteiger partial charge >= 0.3 is 0 Å². The van der Waals surface area contributed by atoms with Crippen molar-refractivity contribution in [1.82, 2.24) is 0 Å². The topological polar surface area (TPSA) is 46.5 Å². The standard InChI is InChI=1S/C19H35IO3Si/c1-17(2,3)24(7,8)23-10-9-14(20)11-19(6)15(21)12-18(4,5)13-16(19)22/h9,15,21H,10-13H2,1-8H3/b14-9-/t15-,19+/m0/s1. The van der Waals surface area contributed by atoms with Crippen LogP contribution >= 0.6 is 22.6 Å². The molecule has 0 unspecified atom stereocenters. The monoisotopic (exact) mass is 466 g/mol. The Morgan fingerprint density at radius 1 is 1.38 bits per heavy atom. The van der Waals surface area contributed by atoms with Gasteiger partial charge in [0.1, 0.15) is 5.78 Å². The quantitative estimate of drug-likeness (QED) is 0.432. The van der Waals surface area contributed by atoms with Crippen molar-refractivity contribution >= 4 is 36.7 Å². The first-order valence-corrected chi connectivity index (χ1v) is 12.8. The van der Waals surface area contributed by atoms with Gasteiger partial charge < -0.3 is 9.53 Å². The average molecular weight is 466 g/mol. The lowest BCUT2D eigenvalue weighted by atomic mass is 9.62. The van der Waals surface area contributed by atoms with Crippen molar-refractivity contribution in [3.8, 4) is 0 Å². The zero-order valence-corrected chi connectivity index (χ0v) is 19.8. The SMILES string of the molecule is CC1(C)CC(=O)[C@](C)(C/C(I)=C/CO[Si](C)(C)C(C)(C)C)[C@@H](O)C1. The van der Waals surface area contributed by atoms with E-state index < -0.39 is 19.8 Å². The van der Waals surface area contributed by atoms with Gasteiger partial charge in [-0.1, -0.05) is 40.7 Å². The van der Waals surface area contributed by atoms with Crippen LogP contribution < -0.4 is 0 Å². The fraction of sp³-hybridized carbons (Fsp3) is 0.842. The van der Waals surface area contributed by atoms with E-state index in [4.69, 9.17) is 4.43 Å². The largest absolute Gasteiger partial charge is 0.413 e. The highest BCUT2D eigenvalue weighted by Crippen LogP contribution is 2.46. The molecule has 0 heterocycles. The molecule has 0 aromatic rings. The van der Waals surface area contributed by atoms with Gasteiger partial charge in [0.15, 0.2) is 8.32 Å². The molecule has 0 amide bonds. The Labute approximate surface area is 162 Å². The van der Waals surface area contributed by atoms with Crippen LogP contribution in [-0.4, -0.2) is 31.9 Å².